The summed E-state index contributed by atoms with van der Waals surface area (Å²) < 4.78 is 1.97. The van der Waals surface area contributed by atoms with Crippen LogP contribution >= 0.6 is 0 Å². The third-order valence-corrected chi connectivity index (χ3v) is 3.29. The Balaban J connectivity index is 1.79. The maximum Gasteiger partial charge on any atom is 0.233 e. The van der Waals surface area contributed by atoms with E-state index >= 15 is 0 Å². The SMILES string of the molecule is C[C@@H]1CNCCN1Cc1cn2cccnc2n1. The highest BCUT2D eigenvalue weighted by molar-refractivity contribution is 5.29. The van der Waals surface area contributed by atoms with E-state index < -0.39 is 0 Å². The van der Waals surface area contributed by atoms with Crippen molar-refractivity contribution < 1.29 is 0 Å². The van der Waals surface area contributed by atoms with Gasteiger partial charge in [0, 0.05) is 50.8 Å². The molecule has 2 aromatic heterocycles. The van der Waals surface area contributed by atoms with Crippen LogP contribution in [0.2, 0.25) is 0 Å². The van der Waals surface area contributed by atoms with Gasteiger partial charge in [-0.1, -0.05) is 0 Å². The second kappa shape index (κ2) is 4.43. The summed E-state index contributed by atoms with van der Waals surface area (Å²) in [5.41, 5.74) is 1.09. The van der Waals surface area contributed by atoms with E-state index in [9.17, 15) is 0 Å². The predicted molar refractivity (Wildman–Crippen MR) is 65.7 cm³/mol. The Labute approximate surface area is 100 Å². The smallest absolute Gasteiger partial charge is 0.233 e. The summed E-state index contributed by atoms with van der Waals surface area (Å²) >= 11 is 0. The second-order valence-electron chi connectivity index (χ2n) is 4.58. The van der Waals surface area contributed by atoms with Crippen LogP contribution in [0.15, 0.2) is 24.7 Å². The fourth-order valence-electron chi connectivity index (χ4n) is 2.28. The Morgan fingerprint density at radius 1 is 1.53 bits per heavy atom. The predicted octanol–water partition coefficient (Wildman–Crippen LogP) is 0.523. The molecule has 1 N–H and O–H groups in total. The van der Waals surface area contributed by atoms with E-state index in [1.807, 2.05) is 16.7 Å². The topological polar surface area (TPSA) is 45.5 Å². The largest absolute Gasteiger partial charge is 0.314 e. The summed E-state index contributed by atoms with van der Waals surface area (Å²) in [5.74, 6) is 0.783. The van der Waals surface area contributed by atoms with Crippen molar-refractivity contribution in [2.24, 2.45) is 0 Å². The van der Waals surface area contributed by atoms with Gasteiger partial charge in [-0.2, -0.15) is 0 Å². The minimum atomic E-state index is 0.571. The molecule has 5 nitrogen and oxygen atoms in total. The lowest BCUT2D eigenvalue weighted by atomic mass is 10.2. The highest BCUT2D eigenvalue weighted by Crippen LogP contribution is 2.09. The van der Waals surface area contributed by atoms with E-state index in [1.165, 1.54) is 0 Å². The monoisotopic (exact) mass is 231 g/mol. The molecule has 0 aromatic carbocycles. The molecule has 1 atom stereocenters. The number of nitrogens with one attached hydrogen (secondary N) is 1. The van der Waals surface area contributed by atoms with Gasteiger partial charge in [0.15, 0.2) is 0 Å². The normalized spacial score (nSPS) is 22.1. The minimum Gasteiger partial charge on any atom is -0.314 e. The fourth-order valence-corrected chi connectivity index (χ4v) is 2.28. The quantitative estimate of drug-likeness (QED) is 0.818. The van der Waals surface area contributed by atoms with Crippen LogP contribution in [0.3, 0.4) is 0 Å². The van der Waals surface area contributed by atoms with Gasteiger partial charge in [-0.05, 0) is 13.0 Å². The van der Waals surface area contributed by atoms with Gasteiger partial charge in [0.2, 0.25) is 5.78 Å². The molecule has 2 aromatic rings. The van der Waals surface area contributed by atoms with E-state index in [0.29, 0.717) is 6.04 Å². The first kappa shape index (κ1) is 10.7. The molecule has 0 spiro atoms. The minimum absolute atomic E-state index is 0.571. The third-order valence-electron chi connectivity index (χ3n) is 3.29. The van der Waals surface area contributed by atoms with Gasteiger partial charge in [0.05, 0.1) is 5.69 Å². The highest BCUT2D eigenvalue weighted by atomic mass is 15.2. The summed E-state index contributed by atoms with van der Waals surface area (Å²) in [7, 11) is 0. The highest BCUT2D eigenvalue weighted by Gasteiger charge is 2.18. The van der Waals surface area contributed by atoms with Gasteiger partial charge in [-0.3, -0.25) is 9.30 Å². The number of hydrogen-bond donors (Lipinski definition) is 1. The zero-order chi connectivity index (χ0) is 11.7. The molecule has 17 heavy (non-hydrogen) atoms. The molecule has 0 saturated carbocycles. The molecule has 1 fully saturated rings. The number of imidazole rings is 1. The zero-order valence-corrected chi connectivity index (χ0v) is 10.0. The van der Waals surface area contributed by atoms with Crippen molar-refractivity contribution >= 4 is 5.78 Å². The Morgan fingerprint density at radius 3 is 3.29 bits per heavy atom. The van der Waals surface area contributed by atoms with Crippen molar-refractivity contribution in [3.63, 3.8) is 0 Å². The van der Waals surface area contributed by atoms with Gasteiger partial charge in [-0.25, -0.2) is 9.97 Å². The number of hydrogen-bond acceptors (Lipinski definition) is 4. The summed E-state index contributed by atoms with van der Waals surface area (Å²) in [4.78, 5) is 11.2. The second-order valence-corrected chi connectivity index (χ2v) is 4.58. The van der Waals surface area contributed by atoms with Crippen LogP contribution in [0.5, 0.6) is 0 Å². The third kappa shape index (κ3) is 2.16. The number of aromatic nitrogens is 3. The molecule has 0 aliphatic carbocycles. The van der Waals surface area contributed by atoms with E-state index in [0.717, 1.165) is 37.7 Å². The van der Waals surface area contributed by atoms with Crippen molar-refractivity contribution in [3.8, 4) is 0 Å². The molecule has 1 aliphatic heterocycles. The Kier molecular flexibility index (Phi) is 2.78. The Hall–Kier alpha value is -1.46. The summed E-state index contributed by atoms with van der Waals surface area (Å²) in [6.45, 7) is 6.37. The van der Waals surface area contributed by atoms with E-state index in [2.05, 4.69) is 33.3 Å². The van der Waals surface area contributed by atoms with Crippen molar-refractivity contribution in [3.05, 3.63) is 30.4 Å². The standard InChI is InChI=1S/C12H17N5/c1-10-7-13-4-6-16(10)8-11-9-17-5-2-3-14-12(17)15-11/h2-3,5,9-10,13H,4,6-8H2,1H3/t10-/m1/s1. The molecule has 1 aliphatic rings. The molecule has 5 heteroatoms. The Bertz CT molecular complexity index is 473. The van der Waals surface area contributed by atoms with Crippen LogP contribution in [0.1, 0.15) is 12.6 Å². The number of rotatable bonds is 2. The van der Waals surface area contributed by atoms with E-state index in [-0.39, 0.29) is 0 Å². The van der Waals surface area contributed by atoms with Gasteiger partial charge < -0.3 is 5.32 Å². The zero-order valence-electron chi connectivity index (χ0n) is 10.0. The molecule has 0 unspecified atom stereocenters. The van der Waals surface area contributed by atoms with Crippen molar-refractivity contribution in [2.45, 2.75) is 19.5 Å². The van der Waals surface area contributed by atoms with Crippen LogP contribution in [0.4, 0.5) is 0 Å². The van der Waals surface area contributed by atoms with Crippen molar-refractivity contribution in [1.82, 2.24) is 24.6 Å². The van der Waals surface area contributed by atoms with Crippen molar-refractivity contribution in [2.75, 3.05) is 19.6 Å². The molecule has 3 rings (SSSR count). The van der Waals surface area contributed by atoms with Crippen LogP contribution < -0.4 is 5.32 Å². The first-order chi connectivity index (χ1) is 8.33. The molecule has 0 radical (unpaired) electrons. The van der Waals surface area contributed by atoms with E-state index in [4.69, 9.17) is 0 Å². The van der Waals surface area contributed by atoms with Crippen molar-refractivity contribution in [1.29, 1.82) is 0 Å². The molecule has 90 valence electrons. The lowest BCUT2D eigenvalue weighted by Gasteiger charge is -2.33. The van der Waals surface area contributed by atoms with Gasteiger partial charge in [0.25, 0.3) is 0 Å². The summed E-state index contributed by atoms with van der Waals surface area (Å²) in [6, 6.07) is 2.49. The lowest BCUT2D eigenvalue weighted by molar-refractivity contribution is 0.164. The average molecular weight is 231 g/mol. The van der Waals surface area contributed by atoms with Crippen LogP contribution in [-0.4, -0.2) is 44.9 Å². The average Bonchev–Trinajstić information content (AvgIpc) is 2.74. The van der Waals surface area contributed by atoms with Gasteiger partial charge in [-0.15, -0.1) is 0 Å². The number of piperazine rings is 1. The number of fused-ring (bicyclic) bond motifs is 1. The number of nitrogens with zero attached hydrogens (tertiary/aromatic N) is 4. The maximum absolute atomic E-state index is 4.53. The fraction of sp³-hybridized carbons (Fsp3) is 0.500. The molecule has 3 heterocycles. The molecular formula is C12H17N5. The maximum atomic E-state index is 4.53. The van der Waals surface area contributed by atoms with Crippen LogP contribution in [0.25, 0.3) is 5.78 Å². The Morgan fingerprint density at radius 2 is 2.47 bits per heavy atom. The lowest BCUT2D eigenvalue weighted by Crippen LogP contribution is -2.49. The van der Waals surface area contributed by atoms with Crippen LogP contribution in [0, 0.1) is 0 Å². The van der Waals surface area contributed by atoms with E-state index in [1.54, 1.807) is 6.20 Å². The summed E-state index contributed by atoms with van der Waals surface area (Å²) in [6.07, 6.45) is 5.83. The van der Waals surface area contributed by atoms with Gasteiger partial charge in [0.1, 0.15) is 0 Å². The first-order valence-electron chi connectivity index (χ1n) is 6.06. The molecule has 1 saturated heterocycles. The molecule has 0 amide bonds. The van der Waals surface area contributed by atoms with Crippen LogP contribution in [-0.2, 0) is 6.54 Å². The first-order valence-corrected chi connectivity index (χ1v) is 6.06. The molecular weight excluding hydrogens is 214 g/mol. The van der Waals surface area contributed by atoms with Gasteiger partial charge >= 0.3 is 0 Å². The molecule has 0 bridgehead atoms. The summed E-state index contributed by atoms with van der Waals surface area (Å²) in [5, 5.41) is 3.40.